The van der Waals surface area contributed by atoms with Gasteiger partial charge in [-0.1, -0.05) is 48.5 Å². The molecule has 0 radical (unpaired) electrons. The molecule has 0 aromatic heterocycles. The number of nitrogens with zero attached hydrogens (tertiary/aromatic N) is 1. The smallest absolute Gasteiger partial charge is 0.249 e. The second-order valence-corrected chi connectivity index (χ2v) is 6.21. The van der Waals surface area contributed by atoms with Gasteiger partial charge in [-0.2, -0.15) is 0 Å². The van der Waals surface area contributed by atoms with Gasteiger partial charge in [0.25, 0.3) is 0 Å². The highest BCUT2D eigenvalue weighted by Gasteiger charge is 2.38. The summed E-state index contributed by atoms with van der Waals surface area (Å²) in [7, 11) is 0. The third kappa shape index (κ3) is 3.83. The molecule has 2 aromatic rings. The van der Waals surface area contributed by atoms with Gasteiger partial charge in [0, 0.05) is 12.2 Å². The second kappa shape index (κ2) is 7.68. The van der Waals surface area contributed by atoms with E-state index >= 15 is 0 Å². The van der Waals surface area contributed by atoms with E-state index in [0.29, 0.717) is 18.5 Å². The van der Waals surface area contributed by atoms with E-state index in [-0.39, 0.29) is 24.2 Å². The number of anilines is 1. The zero-order valence-corrected chi connectivity index (χ0v) is 14.8. The van der Waals surface area contributed by atoms with E-state index in [1.807, 2.05) is 60.7 Å². The van der Waals surface area contributed by atoms with Crippen LogP contribution in [-0.2, 0) is 15.1 Å². The van der Waals surface area contributed by atoms with Crippen LogP contribution >= 0.6 is 12.4 Å². The lowest BCUT2D eigenvalue weighted by atomic mass is 9.92. The van der Waals surface area contributed by atoms with Crippen LogP contribution in [0.4, 0.5) is 5.69 Å². The summed E-state index contributed by atoms with van der Waals surface area (Å²) in [5, 5.41) is 2.81. The van der Waals surface area contributed by atoms with E-state index in [1.54, 1.807) is 11.8 Å². The fourth-order valence-electron chi connectivity index (χ4n) is 2.90. The number of nitrogens with two attached hydrogens (primary N) is 1. The van der Waals surface area contributed by atoms with Crippen molar-refractivity contribution in [2.75, 3.05) is 11.4 Å². The lowest BCUT2D eigenvalue weighted by Crippen LogP contribution is -2.53. The number of para-hydroxylation sites is 1. The number of halogens is 1. The van der Waals surface area contributed by atoms with Crippen molar-refractivity contribution in [3.8, 4) is 0 Å². The second-order valence-electron chi connectivity index (χ2n) is 6.21. The summed E-state index contributed by atoms with van der Waals surface area (Å²) >= 11 is 0. The Kier molecular flexibility index (Phi) is 5.82. The molecule has 132 valence electrons. The van der Waals surface area contributed by atoms with Crippen LogP contribution < -0.4 is 16.0 Å². The van der Waals surface area contributed by atoms with Crippen molar-refractivity contribution in [1.29, 1.82) is 0 Å². The number of amides is 2. The highest BCUT2D eigenvalue weighted by molar-refractivity contribution is 6.02. The zero-order chi connectivity index (χ0) is 17.2. The minimum absolute atomic E-state index is 0. The van der Waals surface area contributed by atoms with Gasteiger partial charge in [-0.05, 0) is 31.0 Å². The molecule has 2 amide bonds. The summed E-state index contributed by atoms with van der Waals surface area (Å²) in [5.41, 5.74) is 6.60. The molecular weight excluding hydrogens is 338 g/mol. The van der Waals surface area contributed by atoms with Gasteiger partial charge in [-0.3, -0.25) is 9.59 Å². The molecule has 6 heteroatoms. The van der Waals surface area contributed by atoms with Crippen LogP contribution in [0.3, 0.4) is 0 Å². The van der Waals surface area contributed by atoms with Gasteiger partial charge in [0.15, 0.2) is 0 Å². The maximum atomic E-state index is 12.6. The summed E-state index contributed by atoms with van der Waals surface area (Å²) in [6.07, 6.45) is 0.574. The number of hydrogen-bond acceptors (Lipinski definition) is 3. The van der Waals surface area contributed by atoms with Crippen molar-refractivity contribution in [2.45, 2.75) is 24.9 Å². The Morgan fingerprint density at radius 2 is 1.68 bits per heavy atom. The number of rotatable bonds is 4. The Morgan fingerprint density at radius 1 is 1.12 bits per heavy atom. The van der Waals surface area contributed by atoms with Gasteiger partial charge in [-0.25, -0.2) is 0 Å². The predicted molar refractivity (Wildman–Crippen MR) is 101 cm³/mol. The fourth-order valence-corrected chi connectivity index (χ4v) is 2.90. The van der Waals surface area contributed by atoms with E-state index in [9.17, 15) is 9.59 Å². The van der Waals surface area contributed by atoms with E-state index < -0.39 is 11.6 Å². The van der Waals surface area contributed by atoms with Gasteiger partial charge < -0.3 is 16.0 Å². The summed E-state index contributed by atoms with van der Waals surface area (Å²) < 4.78 is 0. The van der Waals surface area contributed by atoms with Crippen molar-refractivity contribution in [2.24, 2.45) is 5.73 Å². The lowest BCUT2D eigenvalue weighted by Gasteiger charge is -2.26. The molecule has 2 atom stereocenters. The molecule has 5 nitrogen and oxygen atoms in total. The number of carbonyl (C=O) groups is 2. The van der Waals surface area contributed by atoms with Crippen molar-refractivity contribution >= 4 is 29.9 Å². The van der Waals surface area contributed by atoms with E-state index in [2.05, 4.69) is 5.32 Å². The lowest BCUT2D eigenvalue weighted by molar-refractivity contribution is -0.130. The molecule has 1 saturated heterocycles. The molecule has 1 fully saturated rings. The van der Waals surface area contributed by atoms with Crippen LogP contribution in [0.5, 0.6) is 0 Å². The number of benzene rings is 2. The van der Waals surface area contributed by atoms with E-state index in [0.717, 1.165) is 5.69 Å². The first kappa shape index (κ1) is 19.0. The van der Waals surface area contributed by atoms with Crippen LogP contribution in [0.1, 0.15) is 18.9 Å². The number of carbonyl (C=O) groups excluding carboxylic acids is 2. The van der Waals surface area contributed by atoms with Crippen LogP contribution in [0, 0.1) is 0 Å². The Hall–Kier alpha value is -2.37. The largest absolute Gasteiger partial charge is 0.342 e. The quantitative estimate of drug-likeness (QED) is 0.878. The van der Waals surface area contributed by atoms with Gasteiger partial charge in [-0.15, -0.1) is 12.4 Å². The average Bonchev–Trinajstić information content (AvgIpc) is 2.97. The normalized spacial score (nSPS) is 19.0. The van der Waals surface area contributed by atoms with Crippen molar-refractivity contribution in [3.63, 3.8) is 0 Å². The molecule has 25 heavy (non-hydrogen) atoms. The minimum Gasteiger partial charge on any atom is -0.342 e. The van der Waals surface area contributed by atoms with Gasteiger partial charge in [0.2, 0.25) is 11.8 Å². The summed E-state index contributed by atoms with van der Waals surface area (Å²) in [6.45, 7) is 2.24. The maximum Gasteiger partial charge on any atom is 0.249 e. The first-order valence-corrected chi connectivity index (χ1v) is 8.02. The Bertz CT molecular complexity index is 735. The molecular formula is C19H22ClN3O2. The monoisotopic (exact) mass is 359 g/mol. The summed E-state index contributed by atoms with van der Waals surface area (Å²) in [5.74, 6) is -0.444. The molecule has 0 saturated carbocycles. The maximum absolute atomic E-state index is 12.6. The molecule has 0 aliphatic carbocycles. The standard InChI is InChI=1S/C19H21N3O2.ClH/c1-19(20,14-8-4-2-5-9-14)18(24)21-16-12-13-22(17(16)23)15-10-6-3-7-11-15;/h2-11,16H,12-13,20H2,1H3,(H,21,24);1H. The highest BCUT2D eigenvalue weighted by Crippen LogP contribution is 2.23. The predicted octanol–water partition coefficient (Wildman–Crippen LogP) is 2.20. The number of hydrogen-bond donors (Lipinski definition) is 2. The molecule has 1 aliphatic rings. The van der Waals surface area contributed by atoms with Gasteiger partial charge in [0.05, 0.1) is 0 Å². The summed E-state index contributed by atoms with van der Waals surface area (Å²) in [6, 6.07) is 18.1. The van der Waals surface area contributed by atoms with Crippen molar-refractivity contribution in [3.05, 3.63) is 66.2 Å². The van der Waals surface area contributed by atoms with Crippen molar-refractivity contribution < 1.29 is 9.59 Å². The summed E-state index contributed by atoms with van der Waals surface area (Å²) in [4.78, 5) is 26.9. The van der Waals surface area contributed by atoms with Crippen LogP contribution in [0.2, 0.25) is 0 Å². The van der Waals surface area contributed by atoms with E-state index in [4.69, 9.17) is 5.73 Å². The number of nitrogens with one attached hydrogen (secondary N) is 1. The van der Waals surface area contributed by atoms with E-state index in [1.165, 1.54) is 0 Å². The fraction of sp³-hybridized carbons (Fsp3) is 0.263. The molecule has 2 aromatic carbocycles. The van der Waals surface area contributed by atoms with Crippen LogP contribution in [0.15, 0.2) is 60.7 Å². The van der Waals surface area contributed by atoms with Crippen LogP contribution in [-0.4, -0.2) is 24.4 Å². The molecule has 0 spiro atoms. The third-order valence-electron chi connectivity index (χ3n) is 4.42. The van der Waals surface area contributed by atoms with Crippen LogP contribution in [0.25, 0.3) is 0 Å². The molecule has 0 bridgehead atoms. The molecule has 1 aliphatic heterocycles. The minimum atomic E-state index is -1.18. The molecule has 3 N–H and O–H groups in total. The van der Waals surface area contributed by atoms with Gasteiger partial charge >= 0.3 is 0 Å². The molecule has 2 unspecified atom stereocenters. The SMILES string of the molecule is CC(N)(C(=O)NC1CCN(c2ccccc2)C1=O)c1ccccc1.Cl. The molecule has 3 rings (SSSR count). The Morgan fingerprint density at radius 3 is 2.28 bits per heavy atom. The Balaban J connectivity index is 0.00000225. The average molecular weight is 360 g/mol. The van der Waals surface area contributed by atoms with Crippen molar-refractivity contribution in [1.82, 2.24) is 5.32 Å². The molecule has 1 heterocycles. The topological polar surface area (TPSA) is 75.4 Å². The third-order valence-corrected chi connectivity index (χ3v) is 4.42. The zero-order valence-electron chi connectivity index (χ0n) is 14.0. The first-order valence-electron chi connectivity index (χ1n) is 8.02. The Labute approximate surface area is 153 Å². The first-order chi connectivity index (χ1) is 11.5. The van der Waals surface area contributed by atoms with Gasteiger partial charge in [0.1, 0.15) is 11.6 Å². The highest BCUT2D eigenvalue weighted by atomic mass is 35.5.